The number of rotatable bonds is 4. The number of amides is 1. The van der Waals surface area contributed by atoms with Crippen LogP contribution in [0.4, 0.5) is 11.4 Å². The Labute approximate surface area is 119 Å². The minimum atomic E-state index is -0.563. The molecule has 1 aliphatic carbocycles. The molecule has 1 heterocycles. The fourth-order valence-electron chi connectivity index (χ4n) is 2.00. The first-order chi connectivity index (χ1) is 10.0. The molecule has 8 nitrogen and oxygen atoms in total. The van der Waals surface area contributed by atoms with Crippen molar-refractivity contribution in [1.29, 1.82) is 0 Å². The summed E-state index contributed by atoms with van der Waals surface area (Å²) in [5.41, 5.74) is 0.791. The van der Waals surface area contributed by atoms with Crippen molar-refractivity contribution in [2.45, 2.75) is 25.7 Å². The van der Waals surface area contributed by atoms with Gasteiger partial charge in [-0.25, -0.2) is 4.98 Å². The monoisotopic (exact) mass is 287 g/mol. The van der Waals surface area contributed by atoms with E-state index in [1.54, 1.807) is 19.1 Å². The van der Waals surface area contributed by atoms with Crippen molar-refractivity contribution in [3.63, 3.8) is 0 Å². The van der Waals surface area contributed by atoms with E-state index < -0.39 is 10.8 Å². The van der Waals surface area contributed by atoms with Crippen molar-refractivity contribution >= 4 is 17.3 Å². The van der Waals surface area contributed by atoms with Crippen LogP contribution in [0.2, 0.25) is 0 Å². The molecule has 1 aromatic carbocycles. The average molecular weight is 287 g/mol. The summed E-state index contributed by atoms with van der Waals surface area (Å²) in [5.74, 6) is 0.478. The van der Waals surface area contributed by atoms with Crippen molar-refractivity contribution in [1.82, 2.24) is 15.2 Å². The second-order valence-corrected chi connectivity index (χ2v) is 5.05. The van der Waals surface area contributed by atoms with E-state index in [0.29, 0.717) is 11.7 Å². The van der Waals surface area contributed by atoms with Crippen LogP contribution >= 0.6 is 0 Å². The van der Waals surface area contributed by atoms with E-state index in [-0.39, 0.29) is 17.2 Å². The van der Waals surface area contributed by atoms with Crippen LogP contribution in [0, 0.1) is 17.0 Å². The van der Waals surface area contributed by atoms with Gasteiger partial charge in [-0.2, -0.15) is 0 Å². The predicted octanol–water partition coefficient (Wildman–Crippen LogP) is 2.15. The molecule has 2 N–H and O–H groups in total. The van der Waals surface area contributed by atoms with Crippen LogP contribution in [0.15, 0.2) is 18.2 Å². The first-order valence-corrected chi connectivity index (χ1v) is 6.53. The molecule has 0 aliphatic heterocycles. The Balaban J connectivity index is 1.83. The Morgan fingerprint density at radius 1 is 1.48 bits per heavy atom. The number of nitrogens with zero attached hydrogens (tertiary/aromatic N) is 3. The maximum atomic E-state index is 12.1. The van der Waals surface area contributed by atoms with Gasteiger partial charge in [-0.1, -0.05) is 6.07 Å². The summed E-state index contributed by atoms with van der Waals surface area (Å²) in [6.07, 6.45) is 2.08. The van der Waals surface area contributed by atoms with Crippen LogP contribution in [-0.4, -0.2) is 26.0 Å². The molecule has 0 spiro atoms. The molecule has 108 valence electrons. The first-order valence-electron chi connectivity index (χ1n) is 6.53. The van der Waals surface area contributed by atoms with Crippen LogP contribution in [0.5, 0.6) is 0 Å². The number of aromatic amines is 1. The number of nitro groups is 1. The van der Waals surface area contributed by atoms with Gasteiger partial charge in [0.1, 0.15) is 11.5 Å². The highest BCUT2D eigenvalue weighted by molar-refractivity contribution is 6.02. The van der Waals surface area contributed by atoms with E-state index in [4.69, 9.17) is 0 Å². The lowest BCUT2D eigenvalue weighted by Crippen LogP contribution is -2.15. The highest BCUT2D eigenvalue weighted by Crippen LogP contribution is 2.37. The smallest absolute Gasteiger partial charge is 0.295 e. The fraction of sp³-hybridized carbons (Fsp3) is 0.308. The minimum Gasteiger partial charge on any atom is -0.313 e. The SMILES string of the molecule is Cc1ccc([N+](=O)[O-])c(NC(=O)c2n[nH]c(C3CC3)n2)c1. The van der Waals surface area contributed by atoms with Gasteiger partial charge < -0.3 is 5.32 Å². The van der Waals surface area contributed by atoms with E-state index in [2.05, 4.69) is 20.5 Å². The summed E-state index contributed by atoms with van der Waals surface area (Å²) in [4.78, 5) is 26.6. The number of aromatic nitrogens is 3. The Morgan fingerprint density at radius 2 is 2.24 bits per heavy atom. The summed E-state index contributed by atoms with van der Waals surface area (Å²) in [5, 5.41) is 20.0. The summed E-state index contributed by atoms with van der Waals surface area (Å²) in [6, 6.07) is 4.52. The first kappa shape index (κ1) is 13.2. The molecule has 1 amide bonds. The van der Waals surface area contributed by atoms with E-state index >= 15 is 0 Å². The largest absolute Gasteiger partial charge is 0.313 e. The number of aryl methyl sites for hydroxylation is 1. The number of hydrogen-bond acceptors (Lipinski definition) is 5. The van der Waals surface area contributed by atoms with Gasteiger partial charge in [0.25, 0.3) is 11.6 Å². The standard InChI is InChI=1S/C13H13N5O3/c1-7-2-5-10(18(20)21)9(6-7)14-13(19)12-15-11(16-17-12)8-3-4-8/h2,5-6,8H,3-4H2,1H3,(H,14,19)(H,15,16,17). The lowest BCUT2D eigenvalue weighted by molar-refractivity contribution is -0.383. The highest BCUT2D eigenvalue weighted by atomic mass is 16.6. The topological polar surface area (TPSA) is 114 Å². The van der Waals surface area contributed by atoms with Gasteiger partial charge in [0, 0.05) is 12.0 Å². The number of benzene rings is 1. The number of carbonyl (C=O) groups is 1. The third-order valence-electron chi connectivity index (χ3n) is 3.27. The second kappa shape index (κ2) is 4.97. The number of nitro benzene ring substituents is 1. The molecule has 2 aromatic rings. The van der Waals surface area contributed by atoms with Gasteiger partial charge in [0.2, 0.25) is 5.82 Å². The van der Waals surface area contributed by atoms with Crippen molar-refractivity contribution in [3.8, 4) is 0 Å². The number of hydrogen-bond donors (Lipinski definition) is 2. The Bertz CT molecular complexity index is 720. The van der Waals surface area contributed by atoms with E-state index in [9.17, 15) is 14.9 Å². The van der Waals surface area contributed by atoms with Gasteiger partial charge in [0.15, 0.2) is 0 Å². The van der Waals surface area contributed by atoms with Crippen molar-refractivity contribution in [2.24, 2.45) is 0 Å². The van der Waals surface area contributed by atoms with E-state index in [1.807, 2.05) is 0 Å². The van der Waals surface area contributed by atoms with Crippen LogP contribution in [0.25, 0.3) is 0 Å². The molecule has 1 fully saturated rings. The zero-order valence-corrected chi connectivity index (χ0v) is 11.3. The minimum absolute atomic E-state index is 0.00676. The Hall–Kier alpha value is -2.77. The number of nitrogens with one attached hydrogen (secondary N) is 2. The van der Waals surface area contributed by atoms with E-state index in [1.165, 1.54) is 6.07 Å². The van der Waals surface area contributed by atoms with Crippen molar-refractivity contribution < 1.29 is 9.72 Å². The summed E-state index contributed by atoms with van der Waals surface area (Å²) in [7, 11) is 0. The molecule has 21 heavy (non-hydrogen) atoms. The maximum absolute atomic E-state index is 12.1. The molecule has 8 heteroatoms. The molecule has 0 radical (unpaired) electrons. The van der Waals surface area contributed by atoms with Gasteiger partial charge in [-0.3, -0.25) is 20.0 Å². The van der Waals surface area contributed by atoms with E-state index in [0.717, 1.165) is 18.4 Å². The molecular weight excluding hydrogens is 274 g/mol. The highest BCUT2D eigenvalue weighted by Gasteiger charge is 2.28. The zero-order valence-electron chi connectivity index (χ0n) is 11.3. The number of anilines is 1. The predicted molar refractivity (Wildman–Crippen MR) is 74.1 cm³/mol. The Morgan fingerprint density at radius 3 is 2.90 bits per heavy atom. The molecule has 0 saturated heterocycles. The van der Waals surface area contributed by atoms with Gasteiger partial charge in [0.05, 0.1) is 4.92 Å². The summed E-state index contributed by atoms with van der Waals surface area (Å²) < 4.78 is 0. The zero-order chi connectivity index (χ0) is 15.0. The Kier molecular flexibility index (Phi) is 3.13. The van der Waals surface area contributed by atoms with Crippen LogP contribution in [-0.2, 0) is 0 Å². The lowest BCUT2D eigenvalue weighted by atomic mass is 10.2. The molecule has 0 bridgehead atoms. The lowest BCUT2D eigenvalue weighted by Gasteiger charge is -2.04. The number of carbonyl (C=O) groups excluding carboxylic acids is 1. The second-order valence-electron chi connectivity index (χ2n) is 5.05. The molecule has 3 rings (SSSR count). The molecule has 1 aromatic heterocycles. The summed E-state index contributed by atoms with van der Waals surface area (Å²) >= 11 is 0. The molecule has 1 aliphatic rings. The normalized spacial score (nSPS) is 14.0. The third kappa shape index (κ3) is 2.73. The molecule has 1 saturated carbocycles. The fourth-order valence-corrected chi connectivity index (χ4v) is 2.00. The third-order valence-corrected chi connectivity index (χ3v) is 3.27. The molecule has 0 atom stereocenters. The van der Waals surface area contributed by atoms with Crippen molar-refractivity contribution in [2.75, 3.05) is 5.32 Å². The quantitative estimate of drug-likeness (QED) is 0.660. The molecule has 0 unspecified atom stereocenters. The van der Waals surface area contributed by atoms with Gasteiger partial charge >= 0.3 is 0 Å². The van der Waals surface area contributed by atoms with Crippen LogP contribution < -0.4 is 5.32 Å². The van der Waals surface area contributed by atoms with Gasteiger partial charge in [-0.15, -0.1) is 5.10 Å². The van der Waals surface area contributed by atoms with Gasteiger partial charge in [-0.05, 0) is 31.4 Å². The van der Waals surface area contributed by atoms with Crippen LogP contribution in [0.3, 0.4) is 0 Å². The average Bonchev–Trinajstić information content (AvgIpc) is 3.16. The number of H-pyrrole nitrogens is 1. The molecular formula is C13H13N5O3. The summed E-state index contributed by atoms with van der Waals surface area (Å²) in [6.45, 7) is 1.79. The maximum Gasteiger partial charge on any atom is 0.295 e. The van der Waals surface area contributed by atoms with Crippen LogP contribution in [0.1, 0.15) is 40.8 Å². The van der Waals surface area contributed by atoms with Crippen molar-refractivity contribution in [3.05, 3.63) is 45.5 Å².